The molecule has 5 nitrogen and oxygen atoms in total. The molecule has 1 aromatic rings. The Balaban J connectivity index is 1.83. The number of unbranched alkanes of at least 4 members (excludes halogenated alkanes) is 1. The van der Waals surface area contributed by atoms with Gasteiger partial charge in [-0.3, -0.25) is 0 Å². The fraction of sp³-hybridized carbons (Fsp3) is 0.529. The quantitative estimate of drug-likeness (QED) is 0.721. The van der Waals surface area contributed by atoms with Crippen molar-refractivity contribution in [1.82, 2.24) is 4.90 Å². The number of piperidine rings is 1. The van der Waals surface area contributed by atoms with Crippen LogP contribution in [-0.2, 0) is 4.74 Å². The average molecular weight is 381 g/mol. The molecule has 0 atom stereocenters. The van der Waals surface area contributed by atoms with E-state index in [1.807, 2.05) is 6.07 Å². The van der Waals surface area contributed by atoms with Gasteiger partial charge in [-0.05, 0) is 24.6 Å². The molecule has 0 saturated carbocycles. The van der Waals surface area contributed by atoms with Crippen LogP contribution >= 0.6 is 15.9 Å². The second-order valence-electron chi connectivity index (χ2n) is 5.52. The molecule has 1 aliphatic heterocycles. The minimum atomic E-state index is -0.238. The van der Waals surface area contributed by atoms with Crippen molar-refractivity contribution < 1.29 is 14.3 Å². The van der Waals surface area contributed by atoms with Gasteiger partial charge in [0, 0.05) is 30.4 Å². The normalized spacial score (nSPS) is 15.1. The Labute approximate surface area is 145 Å². The third-order valence-corrected chi connectivity index (χ3v) is 4.27. The summed E-state index contributed by atoms with van der Waals surface area (Å²) in [4.78, 5) is 13.6. The van der Waals surface area contributed by atoms with E-state index in [4.69, 9.17) is 14.7 Å². The minimum Gasteiger partial charge on any atom is -0.489 e. The predicted octanol–water partition coefficient (Wildman–Crippen LogP) is 4.10. The summed E-state index contributed by atoms with van der Waals surface area (Å²) >= 11 is 3.35. The van der Waals surface area contributed by atoms with Crippen LogP contribution in [0.25, 0.3) is 0 Å². The Morgan fingerprint density at radius 1 is 1.43 bits per heavy atom. The zero-order chi connectivity index (χ0) is 16.7. The van der Waals surface area contributed by atoms with Crippen molar-refractivity contribution in [3.05, 3.63) is 28.2 Å². The minimum absolute atomic E-state index is 0.0166. The zero-order valence-corrected chi connectivity index (χ0v) is 14.8. The van der Waals surface area contributed by atoms with E-state index in [1.165, 1.54) is 0 Å². The van der Waals surface area contributed by atoms with Gasteiger partial charge in [0.15, 0.2) is 0 Å². The molecule has 0 bridgehead atoms. The van der Waals surface area contributed by atoms with E-state index in [0.717, 1.165) is 30.2 Å². The molecule has 2 rings (SSSR count). The summed E-state index contributed by atoms with van der Waals surface area (Å²) in [6.07, 6.45) is 3.16. The lowest BCUT2D eigenvalue weighted by molar-refractivity contribution is 0.0669. The van der Waals surface area contributed by atoms with Crippen LogP contribution in [0.1, 0.15) is 38.2 Å². The molecule has 0 unspecified atom stereocenters. The first-order valence-corrected chi connectivity index (χ1v) is 8.71. The summed E-state index contributed by atoms with van der Waals surface area (Å²) in [5.41, 5.74) is 0.515. The van der Waals surface area contributed by atoms with Gasteiger partial charge in [-0.15, -0.1) is 0 Å². The summed E-state index contributed by atoms with van der Waals surface area (Å²) < 4.78 is 12.0. The van der Waals surface area contributed by atoms with Crippen molar-refractivity contribution in [2.24, 2.45) is 0 Å². The zero-order valence-electron chi connectivity index (χ0n) is 13.3. The van der Waals surface area contributed by atoms with Crippen LogP contribution in [0.15, 0.2) is 22.7 Å². The van der Waals surface area contributed by atoms with Crippen molar-refractivity contribution in [2.75, 3.05) is 19.7 Å². The molecule has 0 N–H and O–H groups in total. The van der Waals surface area contributed by atoms with E-state index in [1.54, 1.807) is 17.0 Å². The van der Waals surface area contributed by atoms with Crippen LogP contribution in [0.3, 0.4) is 0 Å². The molecule has 1 amide bonds. The largest absolute Gasteiger partial charge is 0.489 e. The SMILES string of the molecule is CCCCOC(=O)N1CCC(Oc2ccc(Br)cc2C#N)CC1. The van der Waals surface area contributed by atoms with Gasteiger partial charge < -0.3 is 14.4 Å². The van der Waals surface area contributed by atoms with Crippen molar-refractivity contribution in [2.45, 2.75) is 38.7 Å². The van der Waals surface area contributed by atoms with Gasteiger partial charge in [0.1, 0.15) is 17.9 Å². The van der Waals surface area contributed by atoms with Crippen LogP contribution in [0, 0.1) is 11.3 Å². The number of rotatable bonds is 5. The third kappa shape index (κ3) is 5.14. The Hall–Kier alpha value is -1.74. The molecule has 1 aromatic carbocycles. The molecule has 0 radical (unpaired) electrons. The van der Waals surface area contributed by atoms with Crippen molar-refractivity contribution in [1.29, 1.82) is 5.26 Å². The smallest absolute Gasteiger partial charge is 0.409 e. The monoisotopic (exact) mass is 380 g/mol. The second kappa shape index (κ2) is 8.78. The maximum absolute atomic E-state index is 11.9. The van der Waals surface area contributed by atoms with Crippen molar-refractivity contribution in [3.63, 3.8) is 0 Å². The van der Waals surface area contributed by atoms with E-state index >= 15 is 0 Å². The van der Waals surface area contributed by atoms with E-state index in [-0.39, 0.29) is 12.2 Å². The third-order valence-electron chi connectivity index (χ3n) is 3.78. The molecule has 0 spiro atoms. The van der Waals surface area contributed by atoms with E-state index in [2.05, 4.69) is 28.9 Å². The highest BCUT2D eigenvalue weighted by atomic mass is 79.9. The van der Waals surface area contributed by atoms with Gasteiger partial charge in [-0.1, -0.05) is 29.3 Å². The number of amides is 1. The highest BCUT2D eigenvalue weighted by Crippen LogP contribution is 2.26. The van der Waals surface area contributed by atoms with Gasteiger partial charge in [0.25, 0.3) is 0 Å². The number of nitrogens with zero attached hydrogens (tertiary/aromatic N) is 2. The Morgan fingerprint density at radius 2 is 2.17 bits per heavy atom. The number of hydrogen-bond donors (Lipinski definition) is 0. The van der Waals surface area contributed by atoms with E-state index < -0.39 is 0 Å². The topological polar surface area (TPSA) is 62.6 Å². The molecule has 6 heteroatoms. The fourth-order valence-corrected chi connectivity index (χ4v) is 2.78. The number of carbonyl (C=O) groups excluding carboxylic acids is 1. The van der Waals surface area contributed by atoms with Crippen LogP contribution in [0.5, 0.6) is 5.75 Å². The Bertz CT molecular complexity index is 578. The van der Waals surface area contributed by atoms with Gasteiger partial charge in [0.05, 0.1) is 12.2 Å². The molecular formula is C17H21BrN2O3. The van der Waals surface area contributed by atoms with Gasteiger partial charge in [0.2, 0.25) is 0 Å². The number of halogens is 1. The van der Waals surface area contributed by atoms with E-state index in [0.29, 0.717) is 31.0 Å². The first kappa shape index (κ1) is 17.6. The molecule has 23 heavy (non-hydrogen) atoms. The molecule has 124 valence electrons. The van der Waals surface area contributed by atoms with Crippen LogP contribution in [0.4, 0.5) is 4.79 Å². The maximum atomic E-state index is 11.9. The number of likely N-dealkylation sites (tertiary alicyclic amines) is 1. The lowest BCUT2D eigenvalue weighted by Crippen LogP contribution is -2.42. The summed E-state index contributed by atoms with van der Waals surface area (Å²) in [6.45, 7) is 3.78. The average Bonchev–Trinajstić information content (AvgIpc) is 2.57. The number of benzene rings is 1. The fourth-order valence-electron chi connectivity index (χ4n) is 2.42. The molecule has 1 heterocycles. The molecule has 1 fully saturated rings. The number of nitriles is 1. The van der Waals surface area contributed by atoms with Gasteiger partial charge in [-0.2, -0.15) is 5.26 Å². The van der Waals surface area contributed by atoms with E-state index in [9.17, 15) is 4.79 Å². The van der Waals surface area contributed by atoms with Crippen LogP contribution in [-0.4, -0.2) is 36.8 Å². The van der Waals surface area contributed by atoms with Crippen molar-refractivity contribution in [3.8, 4) is 11.8 Å². The molecule has 0 aromatic heterocycles. The molecule has 0 aliphatic carbocycles. The number of carbonyl (C=O) groups is 1. The summed E-state index contributed by atoms with van der Waals surface area (Å²) in [5.74, 6) is 0.597. The molecular weight excluding hydrogens is 360 g/mol. The standard InChI is InChI=1S/C17H21BrN2O3/c1-2-3-10-22-17(21)20-8-6-15(7-9-20)23-16-5-4-14(18)11-13(16)12-19/h4-5,11,15H,2-3,6-10H2,1H3. The number of ether oxygens (including phenoxy) is 2. The predicted molar refractivity (Wildman–Crippen MR) is 90.3 cm³/mol. The highest BCUT2D eigenvalue weighted by Gasteiger charge is 2.25. The highest BCUT2D eigenvalue weighted by molar-refractivity contribution is 9.10. The summed E-state index contributed by atoms with van der Waals surface area (Å²) in [6, 6.07) is 7.54. The summed E-state index contributed by atoms with van der Waals surface area (Å²) in [5, 5.41) is 9.17. The molecule has 1 aliphatic rings. The lowest BCUT2D eigenvalue weighted by atomic mass is 10.1. The molecule has 1 saturated heterocycles. The van der Waals surface area contributed by atoms with Crippen LogP contribution < -0.4 is 4.74 Å². The first-order valence-electron chi connectivity index (χ1n) is 7.92. The summed E-state index contributed by atoms with van der Waals surface area (Å²) in [7, 11) is 0. The van der Waals surface area contributed by atoms with Gasteiger partial charge >= 0.3 is 6.09 Å². The van der Waals surface area contributed by atoms with Gasteiger partial charge in [-0.25, -0.2) is 4.79 Å². The Morgan fingerprint density at radius 3 is 2.83 bits per heavy atom. The Kier molecular flexibility index (Phi) is 6.72. The first-order chi connectivity index (χ1) is 11.1. The van der Waals surface area contributed by atoms with Crippen molar-refractivity contribution >= 4 is 22.0 Å². The maximum Gasteiger partial charge on any atom is 0.409 e. The second-order valence-corrected chi connectivity index (χ2v) is 6.44. The van der Waals surface area contributed by atoms with Crippen LogP contribution in [0.2, 0.25) is 0 Å². The number of hydrogen-bond acceptors (Lipinski definition) is 4. The lowest BCUT2D eigenvalue weighted by Gasteiger charge is -2.31.